The van der Waals surface area contributed by atoms with Crippen LogP contribution in [-0.2, 0) is 13.0 Å². The van der Waals surface area contributed by atoms with Gasteiger partial charge in [0, 0.05) is 24.9 Å². The average Bonchev–Trinajstić information content (AvgIpc) is 2.98. The number of nitrogens with zero attached hydrogens (tertiary/aromatic N) is 3. The Morgan fingerprint density at radius 1 is 1.42 bits per heavy atom. The van der Waals surface area contributed by atoms with Crippen molar-refractivity contribution in [2.24, 2.45) is 5.92 Å². The van der Waals surface area contributed by atoms with Crippen LogP contribution in [0.3, 0.4) is 0 Å². The van der Waals surface area contributed by atoms with Gasteiger partial charge in [-0.25, -0.2) is 0 Å². The van der Waals surface area contributed by atoms with E-state index < -0.39 is 0 Å². The Hall–Kier alpha value is -1.62. The van der Waals surface area contributed by atoms with Crippen molar-refractivity contribution in [3.8, 4) is 0 Å². The Labute approximate surface area is 113 Å². The smallest absolute Gasteiger partial charge is 0.236 e. The minimum Gasteiger partial charge on any atom is -0.423 e. The van der Waals surface area contributed by atoms with Crippen LogP contribution in [0.1, 0.15) is 43.2 Å². The summed E-state index contributed by atoms with van der Waals surface area (Å²) in [5.74, 6) is 2.18. The van der Waals surface area contributed by atoms with Gasteiger partial charge in [-0.1, -0.05) is 6.92 Å². The molecule has 3 rings (SSSR count). The predicted molar refractivity (Wildman–Crippen MR) is 71.7 cm³/mol. The number of hydrogen-bond donors (Lipinski definition) is 1. The van der Waals surface area contributed by atoms with Crippen LogP contribution in [0.2, 0.25) is 0 Å². The van der Waals surface area contributed by atoms with Gasteiger partial charge in [0.25, 0.3) is 0 Å². The Kier molecular flexibility index (Phi) is 3.38. The van der Waals surface area contributed by atoms with Crippen LogP contribution in [0.4, 0.5) is 0 Å². The fourth-order valence-corrected chi connectivity index (χ4v) is 2.50. The first-order valence-corrected chi connectivity index (χ1v) is 6.94. The number of nitrogens with one attached hydrogen (secondary N) is 1. The third-order valence-corrected chi connectivity index (χ3v) is 3.67. The van der Waals surface area contributed by atoms with Gasteiger partial charge in [0.1, 0.15) is 6.54 Å². The molecular weight excluding hydrogens is 240 g/mol. The fourth-order valence-electron chi connectivity index (χ4n) is 2.50. The summed E-state index contributed by atoms with van der Waals surface area (Å²) in [4.78, 5) is 0. The van der Waals surface area contributed by atoms with E-state index in [1.165, 1.54) is 18.4 Å². The van der Waals surface area contributed by atoms with Crippen molar-refractivity contribution in [1.82, 2.24) is 20.1 Å². The zero-order valence-electron chi connectivity index (χ0n) is 11.5. The van der Waals surface area contributed by atoms with Crippen LogP contribution >= 0.6 is 0 Å². The van der Waals surface area contributed by atoms with Gasteiger partial charge < -0.3 is 14.3 Å². The lowest BCUT2D eigenvalue weighted by Crippen LogP contribution is -2.17. The summed E-state index contributed by atoms with van der Waals surface area (Å²) >= 11 is 0. The second kappa shape index (κ2) is 5.17. The largest absolute Gasteiger partial charge is 0.423 e. The molecule has 0 aromatic carbocycles. The zero-order chi connectivity index (χ0) is 13.2. The van der Waals surface area contributed by atoms with Crippen molar-refractivity contribution in [2.75, 3.05) is 7.05 Å². The molecule has 0 aliphatic heterocycles. The molecule has 0 bridgehead atoms. The lowest BCUT2D eigenvalue weighted by molar-refractivity contribution is 0.442. The monoisotopic (exact) mass is 260 g/mol. The van der Waals surface area contributed by atoms with Gasteiger partial charge in [0.05, 0.1) is 0 Å². The number of rotatable bonds is 6. The number of aromatic nitrogens is 3. The summed E-state index contributed by atoms with van der Waals surface area (Å²) in [5.41, 5.74) is 1.35. The predicted octanol–water partition coefficient (Wildman–Crippen LogP) is 2.15. The molecule has 1 aliphatic rings. The zero-order valence-corrected chi connectivity index (χ0v) is 11.5. The first kappa shape index (κ1) is 12.4. The summed E-state index contributed by atoms with van der Waals surface area (Å²) in [7, 11) is 2.03. The van der Waals surface area contributed by atoms with E-state index in [1.807, 2.05) is 14.0 Å². The van der Waals surface area contributed by atoms with Crippen LogP contribution in [0.15, 0.2) is 22.9 Å². The van der Waals surface area contributed by atoms with Crippen molar-refractivity contribution < 1.29 is 4.42 Å². The Morgan fingerprint density at radius 3 is 2.84 bits per heavy atom. The summed E-state index contributed by atoms with van der Waals surface area (Å²) in [6.07, 6.45) is 7.71. The van der Waals surface area contributed by atoms with Gasteiger partial charge in [-0.3, -0.25) is 0 Å². The molecule has 0 spiro atoms. The highest BCUT2D eigenvalue weighted by Crippen LogP contribution is 2.40. The van der Waals surface area contributed by atoms with E-state index in [0.717, 1.165) is 12.3 Å². The molecule has 1 unspecified atom stereocenters. The first-order valence-electron chi connectivity index (χ1n) is 6.94. The molecule has 19 heavy (non-hydrogen) atoms. The van der Waals surface area contributed by atoms with E-state index in [-0.39, 0.29) is 0 Å². The number of hydrogen-bond acceptors (Lipinski definition) is 4. The maximum Gasteiger partial charge on any atom is 0.236 e. The van der Waals surface area contributed by atoms with Crippen molar-refractivity contribution in [3.63, 3.8) is 0 Å². The van der Waals surface area contributed by atoms with Gasteiger partial charge in [0.2, 0.25) is 11.8 Å². The molecule has 2 aromatic heterocycles. The molecule has 1 N–H and O–H groups in total. The third-order valence-electron chi connectivity index (χ3n) is 3.67. The van der Waals surface area contributed by atoms with Gasteiger partial charge in [-0.15, -0.1) is 10.2 Å². The van der Waals surface area contributed by atoms with Crippen molar-refractivity contribution in [2.45, 2.75) is 38.8 Å². The Balaban J connectivity index is 1.70. The third kappa shape index (κ3) is 2.71. The molecular formula is C14H20N4O. The Bertz CT molecular complexity index is 541. The SMILES string of the molecule is CCc1nnc(Cn2ccc(C(NC)C3CC3)c2)o1. The van der Waals surface area contributed by atoms with E-state index in [1.54, 1.807) is 0 Å². The van der Waals surface area contributed by atoms with E-state index in [9.17, 15) is 0 Å². The first-order chi connectivity index (χ1) is 9.30. The van der Waals surface area contributed by atoms with E-state index >= 15 is 0 Å². The molecule has 0 radical (unpaired) electrons. The molecule has 1 saturated carbocycles. The second-order valence-corrected chi connectivity index (χ2v) is 5.16. The van der Waals surface area contributed by atoms with Crippen molar-refractivity contribution in [1.29, 1.82) is 0 Å². The van der Waals surface area contributed by atoms with Crippen LogP contribution < -0.4 is 5.32 Å². The van der Waals surface area contributed by atoms with Gasteiger partial charge in [-0.05, 0) is 37.4 Å². The summed E-state index contributed by atoms with van der Waals surface area (Å²) in [6.45, 7) is 2.66. The molecule has 5 heteroatoms. The van der Waals surface area contributed by atoms with Gasteiger partial charge >= 0.3 is 0 Å². The minimum atomic E-state index is 0.482. The molecule has 102 valence electrons. The van der Waals surface area contributed by atoms with E-state index in [2.05, 4.69) is 38.5 Å². The topological polar surface area (TPSA) is 55.9 Å². The van der Waals surface area contributed by atoms with Crippen molar-refractivity contribution in [3.05, 3.63) is 35.8 Å². The fraction of sp³-hybridized carbons (Fsp3) is 0.571. The van der Waals surface area contributed by atoms with Gasteiger partial charge in [-0.2, -0.15) is 0 Å². The number of aryl methyl sites for hydroxylation is 1. The molecule has 0 amide bonds. The molecule has 5 nitrogen and oxygen atoms in total. The maximum absolute atomic E-state index is 5.53. The molecule has 2 aromatic rings. The van der Waals surface area contributed by atoms with Crippen molar-refractivity contribution >= 4 is 0 Å². The normalized spacial score (nSPS) is 16.7. The molecule has 2 heterocycles. The molecule has 0 saturated heterocycles. The standard InChI is InChI=1S/C14H20N4O/c1-3-12-16-17-13(19-12)9-18-7-6-11(8-18)14(15-2)10-4-5-10/h6-8,10,14-15H,3-5,9H2,1-2H3. The summed E-state index contributed by atoms with van der Waals surface area (Å²) in [5, 5.41) is 11.4. The van der Waals surface area contributed by atoms with E-state index in [4.69, 9.17) is 4.42 Å². The quantitative estimate of drug-likeness (QED) is 0.864. The lowest BCUT2D eigenvalue weighted by Gasteiger charge is -2.13. The molecule has 1 atom stereocenters. The minimum absolute atomic E-state index is 0.482. The Morgan fingerprint density at radius 2 is 2.21 bits per heavy atom. The highest BCUT2D eigenvalue weighted by molar-refractivity contribution is 5.18. The van der Waals surface area contributed by atoms with Crippen LogP contribution in [-0.4, -0.2) is 21.8 Å². The maximum atomic E-state index is 5.53. The summed E-state index contributed by atoms with van der Waals surface area (Å²) < 4.78 is 7.64. The highest BCUT2D eigenvalue weighted by Gasteiger charge is 2.31. The summed E-state index contributed by atoms with van der Waals surface area (Å²) in [6, 6.07) is 2.66. The molecule has 1 aliphatic carbocycles. The van der Waals surface area contributed by atoms with E-state index in [0.29, 0.717) is 24.4 Å². The van der Waals surface area contributed by atoms with Crippen LogP contribution in [0, 0.1) is 5.92 Å². The lowest BCUT2D eigenvalue weighted by atomic mass is 10.1. The average molecular weight is 260 g/mol. The highest BCUT2D eigenvalue weighted by atomic mass is 16.4. The second-order valence-electron chi connectivity index (χ2n) is 5.16. The molecule has 1 fully saturated rings. The van der Waals surface area contributed by atoms with Gasteiger partial charge in [0.15, 0.2) is 0 Å². The van der Waals surface area contributed by atoms with Crippen LogP contribution in [0.25, 0.3) is 0 Å². The van der Waals surface area contributed by atoms with Crippen LogP contribution in [0.5, 0.6) is 0 Å².